The monoisotopic (exact) mass is 227 g/mol. The normalized spacial score (nSPS) is 11.1. The van der Waals surface area contributed by atoms with E-state index in [1.54, 1.807) is 0 Å². The average molecular weight is 227 g/mol. The number of rotatable bonds is 7. The number of para-hydroxylation sites is 1. The lowest BCUT2D eigenvalue weighted by atomic mass is 10.3. The molecular weight excluding hydrogens is 211 g/mol. The molecule has 1 aromatic carbocycles. The van der Waals surface area contributed by atoms with Gasteiger partial charge in [-0.05, 0) is 23.6 Å². The van der Waals surface area contributed by atoms with Crippen LogP contribution in [-0.4, -0.2) is 19.4 Å². The second kappa shape index (κ2) is 7.38. The molecule has 0 aliphatic carbocycles. The van der Waals surface area contributed by atoms with Crippen LogP contribution in [0.1, 0.15) is 13.3 Å². The molecule has 1 rings (SSSR count). The molecular formula is C11H16O3P+. The van der Waals surface area contributed by atoms with E-state index in [4.69, 9.17) is 9.26 Å². The maximum absolute atomic E-state index is 11.1. The van der Waals surface area contributed by atoms with Crippen molar-refractivity contribution >= 4 is 8.03 Å². The topological polar surface area (TPSA) is 35.5 Å². The lowest BCUT2D eigenvalue weighted by Gasteiger charge is -2.02. The van der Waals surface area contributed by atoms with Crippen molar-refractivity contribution in [1.82, 2.24) is 0 Å². The van der Waals surface area contributed by atoms with Crippen molar-refractivity contribution in [1.29, 1.82) is 0 Å². The Balaban J connectivity index is 2.10. The Bertz CT molecular complexity index is 287. The Morgan fingerprint density at radius 3 is 2.67 bits per heavy atom. The third-order valence-electron chi connectivity index (χ3n) is 1.77. The highest BCUT2D eigenvalue weighted by molar-refractivity contribution is 7.39. The number of hydrogen-bond acceptors (Lipinski definition) is 3. The highest BCUT2D eigenvalue weighted by Gasteiger charge is 2.14. The van der Waals surface area contributed by atoms with Crippen LogP contribution in [0.2, 0.25) is 0 Å². The molecule has 1 atom stereocenters. The number of ether oxygens (including phenoxy) is 1. The predicted octanol–water partition coefficient (Wildman–Crippen LogP) is 3.23. The summed E-state index contributed by atoms with van der Waals surface area (Å²) in [7, 11) is -1.49. The Labute approximate surface area is 91.3 Å². The fourth-order valence-electron chi connectivity index (χ4n) is 1.11. The maximum Gasteiger partial charge on any atom is 0.508 e. The molecule has 1 aromatic rings. The Morgan fingerprint density at radius 1 is 1.27 bits per heavy atom. The van der Waals surface area contributed by atoms with Gasteiger partial charge in [0.25, 0.3) is 0 Å². The first-order chi connectivity index (χ1) is 7.33. The summed E-state index contributed by atoms with van der Waals surface area (Å²) in [5.74, 6) is 0.851. The molecule has 0 amide bonds. The van der Waals surface area contributed by atoms with Crippen molar-refractivity contribution < 1.29 is 13.8 Å². The minimum absolute atomic E-state index is 0.509. The van der Waals surface area contributed by atoms with Crippen LogP contribution in [-0.2, 0) is 9.09 Å². The summed E-state index contributed by atoms with van der Waals surface area (Å²) in [6, 6.07) is 9.61. The van der Waals surface area contributed by atoms with E-state index in [-0.39, 0.29) is 0 Å². The van der Waals surface area contributed by atoms with Gasteiger partial charge in [0.05, 0.1) is 13.2 Å². The minimum Gasteiger partial charge on any atom is -0.493 e. The van der Waals surface area contributed by atoms with Gasteiger partial charge in [0.2, 0.25) is 0 Å². The van der Waals surface area contributed by atoms with Gasteiger partial charge >= 0.3 is 8.03 Å². The van der Waals surface area contributed by atoms with Crippen molar-refractivity contribution in [3.63, 3.8) is 0 Å². The summed E-state index contributed by atoms with van der Waals surface area (Å²) in [4.78, 5) is 0. The summed E-state index contributed by atoms with van der Waals surface area (Å²) < 4.78 is 21.5. The molecule has 0 radical (unpaired) electrons. The van der Waals surface area contributed by atoms with Gasteiger partial charge in [-0.15, -0.1) is 4.52 Å². The fourth-order valence-corrected chi connectivity index (χ4v) is 1.91. The molecule has 0 N–H and O–H groups in total. The zero-order valence-electron chi connectivity index (χ0n) is 8.89. The second-order valence-corrected chi connectivity index (χ2v) is 4.36. The van der Waals surface area contributed by atoms with Gasteiger partial charge in [0, 0.05) is 6.42 Å². The molecule has 0 bridgehead atoms. The van der Waals surface area contributed by atoms with E-state index in [1.807, 2.05) is 37.3 Å². The second-order valence-electron chi connectivity index (χ2n) is 2.99. The molecule has 0 spiro atoms. The molecule has 1 unspecified atom stereocenters. The molecule has 0 aromatic heterocycles. The van der Waals surface area contributed by atoms with Gasteiger partial charge in [0.1, 0.15) is 5.75 Å². The van der Waals surface area contributed by atoms with Crippen molar-refractivity contribution in [3.05, 3.63) is 30.3 Å². The first kappa shape index (κ1) is 12.2. The maximum atomic E-state index is 11.1. The molecule has 15 heavy (non-hydrogen) atoms. The quantitative estimate of drug-likeness (QED) is 0.530. The number of hydrogen-bond donors (Lipinski definition) is 0. The molecule has 0 fully saturated rings. The third kappa shape index (κ3) is 5.50. The zero-order chi connectivity index (χ0) is 10.9. The highest BCUT2D eigenvalue weighted by atomic mass is 31.1. The molecule has 0 saturated heterocycles. The van der Waals surface area contributed by atoms with Crippen molar-refractivity contribution in [2.45, 2.75) is 13.3 Å². The van der Waals surface area contributed by atoms with E-state index in [2.05, 4.69) is 0 Å². The van der Waals surface area contributed by atoms with E-state index in [0.717, 1.165) is 12.2 Å². The van der Waals surface area contributed by atoms with Gasteiger partial charge in [-0.2, -0.15) is 0 Å². The van der Waals surface area contributed by atoms with E-state index in [1.165, 1.54) is 0 Å². The first-order valence-electron chi connectivity index (χ1n) is 5.08. The number of benzene rings is 1. The summed E-state index contributed by atoms with van der Waals surface area (Å²) in [6.07, 6.45) is 1.32. The average Bonchev–Trinajstić information content (AvgIpc) is 2.26. The molecule has 0 saturated carbocycles. The van der Waals surface area contributed by atoms with Crippen molar-refractivity contribution in [3.8, 4) is 5.75 Å². The van der Waals surface area contributed by atoms with Gasteiger partial charge in [-0.1, -0.05) is 18.2 Å². The fraction of sp³-hybridized carbons (Fsp3) is 0.455. The molecule has 4 heteroatoms. The van der Waals surface area contributed by atoms with Gasteiger partial charge in [-0.25, -0.2) is 0 Å². The Hall–Kier alpha value is -0.920. The third-order valence-corrected chi connectivity index (χ3v) is 3.00. The van der Waals surface area contributed by atoms with Gasteiger partial charge in [-0.3, -0.25) is 0 Å². The van der Waals surface area contributed by atoms with Crippen molar-refractivity contribution in [2.24, 2.45) is 0 Å². The van der Waals surface area contributed by atoms with E-state index < -0.39 is 8.03 Å². The standard InChI is InChI=1S/C11H16O3P/c1-2-14-15(12)10-6-9-13-11-7-4-3-5-8-11/h3-5,7-8H,2,6,9-10H2,1H3/q+1. The van der Waals surface area contributed by atoms with Crippen LogP contribution >= 0.6 is 8.03 Å². The first-order valence-corrected chi connectivity index (χ1v) is 6.44. The van der Waals surface area contributed by atoms with Crippen LogP contribution in [0.5, 0.6) is 5.75 Å². The SMILES string of the molecule is CCO[P+](=O)CCCOc1ccccc1. The predicted molar refractivity (Wildman–Crippen MR) is 60.7 cm³/mol. The molecule has 0 aliphatic heterocycles. The van der Waals surface area contributed by atoms with Crippen LogP contribution in [0, 0.1) is 0 Å². The summed E-state index contributed by atoms with van der Waals surface area (Å²) >= 11 is 0. The lowest BCUT2D eigenvalue weighted by Crippen LogP contribution is -1.98. The zero-order valence-corrected chi connectivity index (χ0v) is 9.78. The van der Waals surface area contributed by atoms with Crippen LogP contribution in [0.3, 0.4) is 0 Å². The summed E-state index contributed by atoms with van der Waals surface area (Å²) in [5, 5.41) is 0. The van der Waals surface area contributed by atoms with E-state index in [0.29, 0.717) is 19.4 Å². The van der Waals surface area contributed by atoms with Crippen LogP contribution < -0.4 is 4.74 Å². The lowest BCUT2D eigenvalue weighted by molar-refractivity contribution is 0.311. The van der Waals surface area contributed by atoms with Crippen LogP contribution in [0.25, 0.3) is 0 Å². The molecule has 0 heterocycles. The highest BCUT2D eigenvalue weighted by Crippen LogP contribution is 2.22. The van der Waals surface area contributed by atoms with Crippen LogP contribution in [0.15, 0.2) is 30.3 Å². The summed E-state index contributed by atoms with van der Waals surface area (Å²) in [6.45, 7) is 2.93. The van der Waals surface area contributed by atoms with Crippen LogP contribution in [0.4, 0.5) is 0 Å². The smallest absolute Gasteiger partial charge is 0.493 e. The van der Waals surface area contributed by atoms with Crippen molar-refractivity contribution in [2.75, 3.05) is 19.4 Å². The largest absolute Gasteiger partial charge is 0.508 e. The summed E-state index contributed by atoms with van der Waals surface area (Å²) in [5.41, 5.74) is 0. The Morgan fingerprint density at radius 2 is 2.00 bits per heavy atom. The molecule has 3 nitrogen and oxygen atoms in total. The Kier molecular flexibility index (Phi) is 5.98. The minimum atomic E-state index is -1.49. The van der Waals surface area contributed by atoms with Gasteiger partial charge < -0.3 is 4.74 Å². The molecule has 82 valence electrons. The van der Waals surface area contributed by atoms with E-state index >= 15 is 0 Å². The molecule has 0 aliphatic rings. The van der Waals surface area contributed by atoms with E-state index in [9.17, 15) is 4.57 Å². The van der Waals surface area contributed by atoms with Gasteiger partial charge in [0.15, 0.2) is 6.16 Å².